The van der Waals surface area contributed by atoms with Gasteiger partial charge < -0.3 is 15.1 Å². The van der Waals surface area contributed by atoms with Crippen LogP contribution in [0.1, 0.15) is 26.7 Å². The molecule has 0 spiro atoms. The summed E-state index contributed by atoms with van der Waals surface area (Å²) >= 11 is 0. The average Bonchev–Trinajstić information content (AvgIpc) is 2.47. The van der Waals surface area contributed by atoms with Gasteiger partial charge in [-0.3, -0.25) is 0 Å². The Balaban J connectivity index is 2.41. The van der Waals surface area contributed by atoms with Crippen LogP contribution in [0.4, 0.5) is 4.79 Å². The second-order valence-corrected chi connectivity index (χ2v) is 5.08. The maximum Gasteiger partial charge on any atom is 0.320 e. The molecular weight excluding hydrogens is 202 g/mol. The Kier molecular flexibility index (Phi) is 5.06. The number of rotatable bonds is 6. The number of nitrogens with zero attached hydrogens (tertiary/aromatic N) is 2. The van der Waals surface area contributed by atoms with E-state index in [1.54, 1.807) is 0 Å². The number of hydrogen-bond acceptors (Lipinski definition) is 2. The maximum absolute atomic E-state index is 11.9. The van der Waals surface area contributed by atoms with Crippen molar-refractivity contribution in [3.05, 3.63) is 0 Å². The van der Waals surface area contributed by atoms with Gasteiger partial charge in [0, 0.05) is 20.1 Å². The topological polar surface area (TPSA) is 35.6 Å². The molecule has 1 rings (SSSR count). The van der Waals surface area contributed by atoms with Gasteiger partial charge in [0.2, 0.25) is 0 Å². The smallest absolute Gasteiger partial charge is 0.320 e. The van der Waals surface area contributed by atoms with Crippen molar-refractivity contribution in [3.8, 4) is 0 Å². The standard InChI is InChI=1S/C12H25N3O/c1-10(2)8-11-9-15(7-5-6-13-3)12(16)14(11)4/h10-11,13H,5-9H2,1-4H3. The monoisotopic (exact) mass is 227 g/mol. The lowest BCUT2D eigenvalue weighted by Gasteiger charge is -2.19. The van der Waals surface area contributed by atoms with Gasteiger partial charge in [0.15, 0.2) is 0 Å². The van der Waals surface area contributed by atoms with Crippen LogP contribution in [0.5, 0.6) is 0 Å². The van der Waals surface area contributed by atoms with Gasteiger partial charge in [-0.1, -0.05) is 13.8 Å². The average molecular weight is 227 g/mol. The van der Waals surface area contributed by atoms with Crippen LogP contribution in [-0.4, -0.2) is 55.6 Å². The van der Waals surface area contributed by atoms with E-state index in [1.807, 2.05) is 23.9 Å². The third-order valence-electron chi connectivity index (χ3n) is 3.15. The van der Waals surface area contributed by atoms with E-state index in [0.29, 0.717) is 12.0 Å². The summed E-state index contributed by atoms with van der Waals surface area (Å²) in [6.45, 7) is 7.17. The van der Waals surface area contributed by atoms with E-state index in [0.717, 1.165) is 32.5 Å². The summed E-state index contributed by atoms with van der Waals surface area (Å²) in [5.41, 5.74) is 0. The highest BCUT2D eigenvalue weighted by molar-refractivity contribution is 5.76. The van der Waals surface area contributed by atoms with Crippen LogP contribution in [0.2, 0.25) is 0 Å². The zero-order valence-corrected chi connectivity index (χ0v) is 11.0. The van der Waals surface area contributed by atoms with Gasteiger partial charge >= 0.3 is 6.03 Å². The summed E-state index contributed by atoms with van der Waals surface area (Å²) in [6, 6.07) is 0.601. The number of amides is 2. The quantitative estimate of drug-likeness (QED) is 0.696. The van der Waals surface area contributed by atoms with Crippen molar-refractivity contribution in [1.82, 2.24) is 15.1 Å². The highest BCUT2D eigenvalue weighted by atomic mass is 16.2. The summed E-state index contributed by atoms with van der Waals surface area (Å²) < 4.78 is 0. The van der Waals surface area contributed by atoms with E-state index in [2.05, 4.69) is 19.2 Å². The minimum Gasteiger partial charge on any atom is -0.323 e. The first kappa shape index (κ1) is 13.3. The minimum absolute atomic E-state index is 0.196. The molecule has 1 unspecified atom stereocenters. The second kappa shape index (κ2) is 6.09. The fraction of sp³-hybridized carbons (Fsp3) is 0.917. The van der Waals surface area contributed by atoms with E-state index >= 15 is 0 Å². The molecule has 0 aromatic rings. The molecule has 16 heavy (non-hydrogen) atoms. The van der Waals surface area contributed by atoms with Gasteiger partial charge in [0.1, 0.15) is 0 Å². The van der Waals surface area contributed by atoms with Crippen LogP contribution >= 0.6 is 0 Å². The number of urea groups is 1. The molecule has 4 heteroatoms. The van der Waals surface area contributed by atoms with Crippen LogP contribution < -0.4 is 5.32 Å². The van der Waals surface area contributed by atoms with E-state index < -0.39 is 0 Å². The number of carbonyl (C=O) groups excluding carboxylic acids is 1. The molecule has 94 valence electrons. The van der Waals surface area contributed by atoms with Crippen molar-refractivity contribution in [2.24, 2.45) is 5.92 Å². The van der Waals surface area contributed by atoms with Gasteiger partial charge in [-0.05, 0) is 32.4 Å². The van der Waals surface area contributed by atoms with Gasteiger partial charge in [-0.2, -0.15) is 0 Å². The second-order valence-electron chi connectivity index (χ2n) is 5.08. The molecule has 0 aromatic heterocycles. The van der Waals surface area contributed by atoms with Crippen LogP contribution in [0.25, 0.3) is 0 Å². The summed E-state index contributed by atoms with van der Waals surface area (Å²) in [4.78, 5) is 15.8. The zero-order chi connectivity index (χ0) is 12.1. The fourth-order valence-corrected chi connectivity index (χ4v) is 2.24. The van der Waals surface area contributed by atoms with E-state index in [4.69, 9.17) is 0 Å². The molecule has 1 fully saturated rings. The van der Waals surface area contributed by atoms with Crippen LogP contribution in [0.3, 0.4) is 0 Å². The maximum atomic E-state index is 11.9. The molecule has 0 aromatic carbocycles. The highest BCUT2D eigenvalue weighted by Gasteiger charge is 2.33. The van der Waals surface area contributed by atoms with E-state index in [1.165, 1.54) is 0 Å². The summed E-state index contributed by atoms with van der Waals surface area (Å²) in [6.07, 6.45) is 2.13. The molecule has 0 bridgehead atoms. The molecule has 0 saturated carbocycles. The van der Waals surface area contributed by atoms with Crippen LogP contribution in [0, 0.1) is 5.92 Å². The summed E-state index contributed by atoms with van der Waals surface area (Å²) in [5, 5.41) is 3.11. The number of carbonyl (C=O) groups is 1. The van der Waals surface area contributed by atoms with Crippen molar-refractivity contribution in [1.29, 1.82) is 0 Å². The van der Waals surface area contributed by atoms with Crippen LogP contribution in [0.15, 0.2) is 0 Å². The molecule has 1 atom stereocenters. The van der Waals surface area contributed by atoms with Gasteiger partial charge in [-0.15, -0.1) is 0 Å². The lowest BCUT2D eigenvalue weighted by atomic mass is 10.0. The van der Waals surface area contributed by atoms with Crippen LogP contribution in [-0.2, 0) is 0 Å². The predicted molar refractivity (Wildman–Crippen MR) is 66.5 cm³/mol. The Hall–Kier alpha value is -0.770. The molecule has 1 saturated heterocycles. The SMILES string of the molecule is CNCCCN1CC(CC(C)C)N(C)C1=O. The Morgan fingerprint density at radius 2 is 2.19 bits per heavy atom. The number of hydrogen-bond donors (Lipinski definition) is 1. The molecule has 0 radical (unpaired) electrons. The molecule has 1 aliphatic rings. The molecule has 4 nitrogen and oxygen atoms in total. The molecule has 2 amide bonds. The lowest BCUT2D eigenvalue weighted by Crippen LogP contribution is -2.32. The normalized spacial score (nSPS) is 21.3. The van der Waals surface area contributed by atoms with Gasteiger partial charge in [-0.25, -0.2) is 4.79 Å². The largest absolute Gasteiger partial charge is 0.323 e. The molecule has 1 aliphatic heterocycles. The fourth-order valence-electron chi connectivity index (χ4n) is 2.24. The van der Waals surface area contributed by atoms with Gasteiger partial charge in [0.05, 0.1) is 6.04 Å². The Labute approximate surface area is 99.0 Å². The molecule has 1 heterocycles. The Bertz CT molecular complexity index is 230. The third kappa shape index (κ3) is 3.37. The first-order valence-electron chi connectivity index (χ1n) is 6.22. The van der Waals surface area contributed by atoms with Crippen molar-refractivity contribution in [2.75, 3.05) is 33.7 Å². The summed E-state index contributed by atoms with van der Waals surface area (Å²) in [5.74, 6) is 0.650. The Morgan fingerprint density at radius 1 is 1.50 bits per heavy atom. The van der Waals surface area contributed by atoms with E-state index in [9.17, 15) is 4.79 Å². The van der Waals surface area contributed by atoms with Crippen molar-refractivity contribution in [3.63, 3.8) is 0 Å². The Morgan fingerprint density at radius 3 is 2.75 bits per heavy atom. The molecular formula is C12H25N3O. The lowest BCUT2D eigenvalue weighted by molar-refractivity contribution is 0.193. The third-order valence-corrected chi connectivity index (χ3v) is 3.15. The number of likely N-dealkylation sites (N-methyl/N-ethyl adjacent to an activating group) is 1. The highest BCUT2D eigenvalue weighted by Crippen LogP contribution is 2.19. The van der Waals surface area contributed by atoms with E-state index in [-0.39, 0.29) is 6.03 Å². The minimum atomic E-state index is 0.196. The first-order valence-corrected chi connectivity index (χ1v) is 6.22. The molecule has 0 aliphatic carbocycles. The predicted octanol–water partition coefficient (Wildman–Crippen LogP) is 1.38. The zero-order valence-electron chi connectivity index (χ0n) is 11.0. The first-order chi connectivity index (χ1) is 7.56. The molecule has 1 N–H and O–H groups in total. The van der Waals surface area contributed by atoms with Crippen molar-refractivity contribution in [2.45, 2.75) is 32.7 Å². The van der Waals surface area contributed by atoms with Crippen molar-refractivity contribution >= 4 is 6.03 Å². The summed E-state index contributed by atoms with van der Waals surface area (Å²) in [7, 11) is 3.87. The number of nitrogens with one attached hydrogen (secondary N) is 1. The van der Waals surface area contributed by atoms with Gasteiger partial charge in [0.25, 0.3) is 0 Å². The van der Waals surface area contributed by atoms with Crippen molar-refractivity contribution < 1.29 is 4.79 Å².